The number of fused-ring (bicyclic) bond motifs is 1. The van der Waals surface area contributed by atoms with Crippen molar-refractivity contribution >= 4 is 34.1 Å². The Bertz CT molecular complexity index is 2030. The smallest absolute Gasteiger partial charge is 0.297 e. The average molecular weight is 547 g/mol. The van der Waals surface area contributed by atoms with Crippen LogP contribution in [-0.4, -0.2) is 25.2 Å². The fraction of sp³-hybridized carbons (Fsp3) is 0.156. The molecule has 0 saturated carbocycles. The van der Waals surface area contributed by atoms with Crippen LogP contribution in [0, 0.1) is 27.7 Å². The van der Waals surface area contributed by atoms with E-state index in [0.29, 0.717) is 10.5 Å². The van der Waals surface area contributed by atoms with Gasteiger partial charge in [-0.2, -0.15) is 5.10 Å². The first-order valence-corrected chi connectivity index (χ1v) is 14.0. The molecule has 0 radical (unpaired) electrons. The number of rotatable bonds is 5. The standard InChI is InChI=1S/C32H30N6OS/c1-20-15-16-24(17-21(20)2)29-19-40-32(37(29)33-18-27-22(3)34-28-14-10-9-13-26(27)28)35-30-23(4)36(5)38(31(30)39)25-11-7-6-8-12-25/h6-19,34H,1-5H3. The number of hydrogen-bond acceptors (Lipinski definition) is 4. The quantitative estimate of drug-likeness (QED) is 0.245. The summed E-state index contributed by atoms with van der Waals surface area (Å²) in [5.74, 6) is 0. The van der Waals surface area contributed by atoms with Crippen LogP contribution in [0.1, 0.15) is 28.1 Å². The molecule has 7 nitrogen and oxygen atoms in total. The van der Waals surface area contributed by atoms with Crippen molar-refractivity contribution in [3.8, 4) is 16.9 Å². The van der Waals surface area contributed by atoms with Crippen LogP contribution in [0.15, 0.2) is 93.1 Å². The van der Waals surface area contributed by atoms with Gasteiger partial charge in [-0.25, -0.2) is 14.4 Å². The van der Waals surface area contributed by atoms with Gasteiger partial charge in [-0.1, -0.05) is 48.5 Å². The van der Waals surface area contributed by atoms with E-state index in [1.165, 1.54) is 22.5 Å². The average Bonchev–Trinajstić information content (AvgIpc) is 3.57. The summed E-state index contributed by atoms with van der Waals surface area (Å²) in [5.41, 5.74) is 9.31. The van der Waals surface area contributed by atoms with E-state index >= 15 is 0 Å². The number of nitrogens with zero attached hydrogens (tertiary/aromatic N) is 5. The maximum atomic E-state index is 13.6. The van der Waals surface area contributed by atoms with Crippen molar-refractivity contribution in [2.24, 2.45) is 17.1 Å². The first kappa shape index (κ1) is 25.6. The lowest BCUT2D eigenvalue weighted by Crippen LogP contribution is -2.19. The molecule has 3 aromatic carbocycles. The van der Waals surface area contributed by atoms with E-state index in [1.54, 1.807) is 4.68 Å². The zero-order valence-corrected chi connectivity index (χ0v) is 24.0. The molecule has 0 unspecified atom stereocenters. The Morgan fingerprint density at radius 3 is 2.42 bits per heavy atom. The zero-order chi connectivity index (χ0) is 28.0. The number of thiazole rings is 1. The van der Waals surface area contributed by atoms with E-state index in [-0.39, 0.29) is 5.56 Å². The van der Waals surface area contributed by atoms with Crippen molar-refractivity contribution < 1.29 is 0 Å². The molecule has 8 heteroatoms. The number of aromatic nitrogens is 4. The highest BCUT2D eigenvalue weighted by Gasteiger charge is 2.17. The summed E-state index contributed by atoms with van der Waals surface area (Å²) in [7, 11) is 1.88. The molecule has 0 aliphatic carbocycles. The Morgan fingerprint density at radius 2 is 1.65 bits per heavy atom. The van der Waals surface area contributed by atoms with Crippen LogP contribution in [0.25, 0.3) is 27.8 Å². The minimum atomic E-state index is -0.171. The Labute approximate surface area is 236 Å². The lowest BCUT2D eigenvalue weighted by atomic mass is 10.1. The predicted molar refractivity (Wildman–Crippen MR) is 164 cm³/mol. The van der Waals surface area contributed by atoms with E-state index < -0.39 is 0 Å². The second kappa shape index (κ2) is 10.1. The van der Waals surface area contributed by atoms with Gasteiger partial charge in [0.2, 0.25) is 4.80 Å². The fourth-order valence-electron chi connectivity index (χ4n) is 4.95. The van der Waals surface area contributed by atoms with Crippen LogP contribution < -0.4 is 10.4 Å². The number of aromatic amines is 1. The Balaban J connectivity index is 1.56. The molecule has 6 rings (SSSR count). The minimum absolute atomic E-state index is 0.171. The highest BCUT2D eigenvalue weighted by Crippen LogP contribution is 2.25. The summed E-state index contributed by atoms with van der Waals surface area (Å²) in [5, 5.41) is 8.12. The largest absolute Gasteiger partial charge is 0.358 e. The molecule has 200 valence electrons. The van der Waals surface area contributed by atoms with Crippen LogP contribution in [-0.2, 0) is 7.05 Å². The molecule has 0 fully saturated rings. The maximum absolute atomic E-state index is 13.6. The van der Waals surface area contributed by atoms with Crippen molar-refractivity contribution in [3.05, 3.63) is 121 Å². The first-order chi connectivity index (χ1) is 19.3. The summed E-state index contributed by atoms with van der Waals surface area (Å²) in [4.78, 5) is 22.6. The van der Waals surface area contributed by atoms with Gasteiger partial charge in [-0.05, 0) is 63.1 Å². The van der Waals surface area contributed by atoms with Gasteiger partial charge < -0.3 is 4.98 Å². The van der Waals surface area contributed by atoms with E-state index in [2.05, 4.69) is 61.5 Å². The van der Waals surface area contributed by atoms with E-state index in [9.17, 15) is 4.79 Å². The van der Waals surface area contributed by atoms with E-state index in [4.69, 9.17) is 10.1 Å². The summed E-state index contributed by atoms with van der Waals surface area (Å²) >= 11 is 1.47. The molecule has 6 aromatic rings. The van der Waals surface area contributed by atoms with Gasteiger partial charge in [0.15, 0.2) is 5.69 Å². The minimum Gasteiger partial charge on any atom is -0.358 e. The normalized spacial score (nSPS) is 12.3. The van der Waals surface area contributed by atoms with Gasteiger partial charge in [0.1, 0.15) is 0 Å². The van der Waals surface area contributed by atoms with E-state index in [1.807, 2.05) is 72.0 Å². The lowest BCUT2D eigenvalue weighted by Gasteiger charge is -2.07. The van der Waals surface area contributed by atoms with Gasteiger partial charge in [0.25, 0.3) is 5.56 Å². The summed E-state index contributed by atoms with van der Waals surface area (Å²) < 4.78 is 5.33. The van der Waals surface area contributed by atoms with Crippen molar-refractivity contribution in [1.82, 2.24) is 19.0 Å². The van der Waals surface area contributed by atoms with Crippen LogP contribution >= 0.6 is 11.3 Å². The number of H-pyrrole nitrogens is 1. The number of aryl methyl sites for hydroxylation is 3. The summed E-state index contributed by atoms with van der Waals surface area (Å²) in [6.07, 6.45) is 1.88. The number of nitrogens with one attached hydrogen (secondary N) is 1. The third kappa shape index (κ3) is 4.36. The molecule has 0 spiro atoms. The second-order valence-corrected chi connectivity index (χ2v) is 10.8. The summed E-state index contributed by atoms with van der Waals surface area (Å²) in [6.45, 7) is 8.18. The first-order valence-electron chi connectivity index (χ1n) is 13.1. The molecule has 40 heavy (non-hydrogen) atoms. The maximum Gasteiger partial charge on any atom is 0.297 e. The van der Waals surface area contributed by atoms with Crippen LogP contribution in [0.2, 0.25) is 0 Å². The summed E-state index contributed by atoms with van der Waals surface area (Å²) in [6, 6.07) is 24.2. The van der Waals surface area contributed by atoms with Crippen molar-refractivity contribution in [1.29, 1.82) is 0 Å². The lowest BCUT2D eigenvalue weighted by molar-refractivity contribution is 0.630. The molecular weight excluding hydrogens is 516 g/mol. The molecule has 3 heterocycles. The zero-order valence-electron chi connectivity index (χ0n) is 23.1. The van der Waals surface area contributed by atoms with E-state index in [0.717, 1.165) is 44.8 Å². The Hall–Kier alpha value is -4.69. The fourth-order valence-corrected chi connectivity index (χ4v) is 5.79. The number of hydrogen-bond donors (Lipinski definition) is 1. The molecule has 0 amide bonds. The molecular formula is C32H30N6OS. The Kier molecular flexibility index (Phi) is 6.48. The van der Waals surface area contributed by atoms with Gasteiger partial charge in [0.05, 0.1) is 23.3 Å². The van der Waals surface area contributed by atoms with Crippen molar-refractivity contribution in [3.63, 3.8) is 0 Å². The van der Waals surface area contributed by atoms with Gasteiger partial charge in [-0.15, -0.1) is 11.3 Å². The van der Waals surface area contributed by atoms with Gasteiger partial charge in [0, 0.05) is 40.2 Å². The van der Waals surface area contributed by atoms with Crippen LogP contribution in [0.3, 0.4) is 0 Å². The van der Waals surface area contributed by atoms with Crippen molar-refractivity contribution in [2.45, 2.75) is 27.7 Å². The van der Waals surface area contributed by atoms with Crippen LogP contribution in [0.4, 0.5) is 5.69 Å². The topological polar surface area (TPSA) is 72.4 Å². The SMILES string of the molecule is Cc1ccc(-c2csc(=Nc3c(C)n(C)n(-c4ccccc4)c3=O)n2N=Cc2c(C)[nH]c3ccccc23)cc1C. The predicted octanol–water partition coefficient (Wildman–Crippen LogP) is 6.54. The Morgan fingerprint density at radius 1 is 0.900 bits per heavy atom. The molecule has 1 N–H and O–H groups in total. The second-order valence-electron chi connectivity index (χ2n) is 9.99. The van der Waals surface area contributed by atoms with Gasteiger partial charge >= 0.3 is 0 Å². The molecule has 0 aliphatic rings. The monoisotopic (exact) mass is 546 g/mol. The number of benzene rings is 3. The highest BCUT2D eigenvalue weighted by molar-refractivity contribution is 7.07. The molecule has 0 atom stereocenters. The molecule has 0 aliphatic heterocycles. The molecule has 0 saturated heterocycles. The number of para-hydroxylation sites is 2. The highest BCUT2D eigenvalue weighted by atomic mass is 32.1. The molecule has 0 bridgehead atoms. The third-order valence-electron chi connectivity index (χ3n) is 7.47. The van der Waals surface area contributed by atoms with Crippen LogP contribution in [0.5, 0.6) is 0 Å². The third-order valence-corrected chi connectivity index (χ3v) is 8.28. The molecule has 3 aromatic heterocycles. The van der Waals surface area contributed by atoms with Crippen molar-refractivity contribution in [2.75, 3.05) is 0 Å². The van der Waals surface area contributed by atoms with Gasteiger partial charge in [-0.3, -0.25) is 9.48 Å².